The number of fused-ring (bicyclic) bond motifs is 1. The minimum absolute atomic E-state index is 0.110. The van der Waals surface area contributed by atoms with Crippen LogP contribution in [-0.2, 0) is 14.3 Å². The lowest BCUT2D eigenvalue weighted by Gasteiger charge is -2.29. The van der Waals surface area contributed by atoms with Gasteiger partial charge in [0.25, 0.3) is 5.91 Å². The van der Waals surface area contributed by atoms with Gasteiger partial charge in [-0.05, 0) is 49.7 Å². The average molecular weight is 361 g/mol. The van der Waals surface area contributed by atoms with Gasteiger partial charge >= 0.3 is 0 Å². The molecule has 7 heteroatoms. The van der Waals surface area contributed by atoms with Crippen LogP contribution in [0.2, 0.25) is 0 Å². The number of rotatable bonds is 2. The van der Waals surface area contributed by atoms with Crippen molar-refractivity contribution in [2.24, 2.45) is 0 Å². The van der Waals surface area contributed by atoms with Gasteiger partial charge in [-0.25, -0.2) is 8.78 Å². The number of ether oxygens (including phenoxy) is 3. The van der Waals surface area contributed by atoms with E-state index >= 15 is 0 Å². The molecule has 2 aromatic carbocycles. The lowest BCUT2D eigenvalue weighted by molar-refractivity contribution is -0.154. The molecule has 2 aromatic rings. The summed E-state index contributed by atoms with van der Waals surface area (Å²) in [6, 6.07) is 8.00. The first-order valence-corrected chi connectivity index (χ1v) is 8.21. The Morgan fingerprint density at radius 2 is 1.96 bits per heavy atom. The van der Waals surface area contributed by atoms with Gasteiger partial charge in [-0.2, -0.15) is 0 Å². The molecule has 2 atom stereocenters. The van der Waals surface area contributed by atoms with Crippen molar-refractivity contribution in [2.75, 3.05) is 11.9 Å². The first-order valence-electron chi connectivity index (χ1n) is 8.21. The fourth-order valence-corrected chi connectivity index (χ4v) is 3.12. The van der Waals surface area contributed by atoms with Crippen molar-refractivity contribution in [3.63, 3.8) is 0 Å². The number of amides is 1. The number of nitrogens with one attached hydrogen (secondary N) is 1. The van der Waals surface area contributed by atoms with E-state index in [1.165, 1.54) is 0 Å². The largest absolute Gasteiger partial charge is 0.476 e. The molecule has 4 rings (SSSR count). The Balaban J connectivity index is 1.62. The summed E-state index contributed by atoms with van der Waals surface area (Å²) in [5.41, 5.74) is 0.939. The molecule has 136 valence electrons. The van der Waals surface area contributed by atoms with Crippen LogP contribution >= 0.6 is 0 Å². The number of carbonyl (C=O) groups is 1. The SMILES string of the molecule is CC1(C)OCC(C2Oc3ccc(-c4cc(F)ccc4F)cc3NC2=O)O1. The van der Waals surface area contributed by atoms with Crippen LogP contribution in [0.5, 0.6) is 5.75 Å². The minimum atomic E-state index is -0.846. The second kappa shape index (κ2) is 6.03. The Kier molecular flexibility index (Phi) is 3.93. The number of anilines is 1. The van der Waals surface area contributed by atoms with E-state index in [9.17, 15) is 13.6 Å². The molecule has 0 bridgehead atoms. The predicted octanol–water partition coefficient (Wildman–Crippen LogP) is 3.48. The topological polar surface area (TPSA) is 56.8 Å². The highest BCUT2D eigenvalue weighted by Crippen LogP contribution is 2.37. The highest BCUT2D eigenvalue weighted by molar-refractivity contribution is 5.99. The molecule has 2 aliphatic rings. The van der Waals surface area contributed by atoms with Crippen LogP contribution in [0.25, 0.3) is 11.1 Å². The molecule has 1 amide bonds. The Bertz CT molecular complexity index is 884. The molecule has 0 aliphatic carbocycles. The normalized spacial score (nSPS) is 23.9. The molecule has 1 N–H and O–H groups in total. The Morgan fingerprint density at radius 1 is 1.15 bits per heavy atom. The number of benzene rings is 2. The van der Waals surface area contributed by atoms with E-state index in [2.05, 4.69) is 5.32 Å². The molecule has 0 aromatic heterocycles. The van der Waals surface area contributed by atoms with Gasteiger partial charge in [0, 0.05) is 5.56 Å². The Hall–Kier alpha value is -2.51. The summed E-state index contributed by atoms with van der Waals surface area (Å²) in [6.45, 7) is 3.77. The van der Waals surface area contributed by atoms with Gasteiger partial charge in [0.15, 0.2) is 5.79 Å². The van der Waals surface area contributed by atoms with Crippen LogP contribution < -0.4 is 10.1 Å². The molecular formula is C19H17F2NO4. The predicted molar refractivity (Wildman–Crippen MR) is 89.7 cm³/mol. The van der Waals surface area contributed by atoms with E-state index in [0.717, 1.165) is 18.2 Å². The summed E-state index contributed by atoms with van der Waals surface area (Å²) in [7, 11) is 0. The van der Waals surface area contributed by atoms with Crippen LogP contribution in [0.15, 0.2) is 36.4 Å². The first kappa shape index (κ1) is 16.9. The van der Waals surface area contributed by atoms with Gasteiger partial charge in [0.1, 0.15) is 23.5 Å². The van der Waals surface area contributed by atoms with Crippen LogP contribution in [0, 0.1) is 11.6 Å². The molecule has 0 spiro atoms. The standard InChI is InChI=1S/C19H17F2NO4/c1-19(2)24-9-16(26-19)17-18(23)22-14-7-10(3-6-15(14)25-17)12-8-11(20)4-5-13(12)21/h3-8,16-17H,9H2,1-2H3,(H,22,23). The molecule has 5 nitrogen and oxygen atoms in total. The zero-order chi connectivity index (χ0) is 18.5. The number of halogens is 2. The molecule has 2 unspecified atom stereocenters. The fraction of sp³-hybridized carbons (Fsp3) is 0.316. The summed E-state index contributed by atoms with van der Waals surface area (Å²) in [6.07, 6.45) is -1.38. The van der Waals surface area contributed by atoms with E-state index in [1.807, 2.05) is 0 Å². The van der Waals surface area contributed by atoms with Crippen molar-refractivity contribution in [3.05, 3.63) is 48.0 Å². The van der Waals surface area contributed by atoms with Crippen LogP contribution in [0.3, 0.4) is 0 Å². The maximum Gasteiger partial charge on any atom is 0.268 e. The van der Waals surface area contributed by atoms with Crippen LogP contribution in [0.1, 0.15) is 13.8 Å². The van der Waals surface area contributed by atoms with E-state index in [-0.39, 0.29) is 18.1 Å². The van der Waals surface area contributed by atoms with E-state index in [1.54, 1.807) is 32.0 Å². The summed E-state index contributed by atoms with van der Waals surface area (Å²) in [5.74, 6) is -1.80. The monoisotopic (exact) mass is 361 g/mol. The lowest BCUT2D eigenvalue weighted by Crippen LogP contribution is -2.47. The van der Waals surface area contributed by atoms with Gasteiger partial charge in [-0.1, -0.05) is 6.07 Å². The van der Waals surface area contributed by atoms with E-state index < -0.39 is 29.6 Å². The Labute approximate surface area is 148 Å². The number of carbonyl (C=O) groups excluding carboxylic acids is 1. The van der Waals surface area contributed by atoms with Crippen molar-refractivity contribution in [1.29, 1.82) is 0 Å². The van der Waals surface area contributed by atoms with Crippen molar-refractivity contribution in [2.45, 2.75) is 31.8 Å². The van der Waals surface area contributed by atoms with E-state index in [0.29, 0.717) is 17.0 Å². The zero-order valence-electron chi connectivity index (χ0n) is 14.2. The lowest BCUT2D eigenvalue weighted by atomic mass is 10.0. The maximum absolute atomic E-state index is 14.0. The first-order chi connectivity index (χ1) is 12.3. The van der Waals surface area contributed by atoms with Crippen LogP contribution in [-0.4, -0.2) is 30.5 Å². The third-order valence-corrected chi connectivity index (χ3v) is 4.36. The summed E-state index contributed by atoms with van der Waals surface area (Å²) < 4.78 is 44.4. The average Bonchev–Trinajstić information content (AvgIpc) is 2.95. The summed E-state index contributed by atoms with van der Waals surface area (Å²) in [4.78, 5) is 12.4. The molecule has 26 heavy (non-hydrogen) atoms. The van der Waals surface area contributed by atoms with E-state index in [4.69, 9.17) is 14.2 Å². The van der Waals surface area contributed by atoms with Crippen molar-refractivity contribution in [1.82, 2.24) is 0 Å². The molecular weight excluding hydrogens is 344 g/mol. The second-order valence-corrected chi connectivity index (χ2v) is 6.73. The number of hydrogen-bond donors (Lipinski definition) is 1. The van der Waals surface area contributed by atoms with Crippen LogP contribution in [0.4, 0.5) is 14.5 Å². The van der Waals surface area contributed by atoms with Gasteiger partial charge in [-0.15, -0.1) is 0 Å². The number of hydrogen-bond acceptors (Lipinski definition) is 4. The molecule has 1 saturated heterocycles. The molecule has 1 fully saturated rings. The molecule has 0 radical (unpaired) electrons. The highest BCUT2D eigenvalue weighted by Gasteiger charge is 2.43. The molecule has 0 saturated carbocycles. The second-order valence-electron chi connectivity index (χ2n) is 6.73. The zero-order valence-corrected chi connectivity index (χ0v) is 14.2. The minimum Gasteiger partial charge on any atom is -0.476 e. The van der Waals surface area contributed by atoms with Crippen molar-refractivity contribution in [3.8, 4) is 16.9 Å². The van der Waals surface area contributed by atoms with Crippen molar-refractivity contribution >= 4 is 11.6 Å². The smallest absolute Gasteiger partial charge is 0.268 e. The van der Waals surface area contributed by atoms with Gasteiger partial charge < -0.3 is 19.5 Å². The molecule has 2 heterocycles. The maximum atomic E-state index is 14.0. The Morgan fingerprint density at radius 3 is 2.69 bits per heavy atom. The summed E-state index contributed by atoms with van der Waals surface area (Å²) >= 11 is 0. The van der Waals surface area contributed by atoms with Crippen molar-refractivity contribution < 1.29 is 27.8 Å². The third-order valence-electron chi connectivity index (χ3n) is 4.36. The van der Waals surface area contributed by atoms with Gasteiger partial charge in [0.05, 0.1) is 12.3 Å². The quantitative estimate of drug-likeness (QED) is 0.890. The molecule has 2 aliphatic heterocycles. The van der Waals surface area contributed by atoms with Gasteiger partial charge in [0.2, 0.25) is 6.10 Å². The fourth-order valence-electron chi connectivity index (χ4n) is 3.12. The highest BCUT2D eigenvalue weighted by atomic mass is 19.1. The summed E-state index contributed by atoms with van der Waals surface area (Å²) in [5, 5.41) is 2.74. The third kappa shape index (κ3) is 3.04. The van der Waals surface area contributed by atoms with Gasteiger partial charge in [-0.3, -0.25) is 4.79 Å².